The van der Waals surface area contributed by atoms with E-state index in [1.807, 2.05) is 0 Å². The van der Waals surface area contributed by atoms with Crippen LogP contribution in [0.4, 0.5) is 5.69 Å². The summed E-state index contributed by atoms with van der Waals surface area (Å²) in [6.45, 7) is 0. The summed E-state index contributed by atoms with van der Waals surface area (Å²) in [6, 6.07) is 9.67. The number of fused-ring (bicyclic) bond motifs is 1. The number of aromatic nitrogens is 2. The van der Waals surface area contributed by atoms with Crippen molar-refractivity contribution < 1.29 is 8.42 Å². The fraction of sp³-hybridized carbons (Fsp3) is 0.0667. The Morgan fingerprint density at radius 2 is 1.82 bits per heavy atom. The van der Waals surface area contributed by atoms with Crippen LogP contribution in [0.25, 0.3) is 10.8 Å². The minimum atomic E-state index is -3.72. The Morgan fingerprint density at radius 1 is 1.09 bits per heavy atom. The third-order valence-corrected chi connectivity index (χ3v) is 4.66. The highest BCUT2D eigenvalue weighted by atomic mass is 32.2. The number of nitrogens with one attached hydrogen (secondary N) is 1. The zero-order chi connectivity index (χ0) is 15.7. The normalized spacial score (nSPS) is 11.5. The average Bonchev–Trinajstić information content (AvgIpc) is 2.53. The second-order valence-electron chi connectivity index (χ2n) is 4.80. The first-order valence-corrected chi connectivity index (χ1v) is 7.98. The van der Waals surface area contributed by atoms with Crippen molar-refractivity contribution in [2.24, 2.45) is 7.05 Å². The first-order chi connectivity index (χ1) is 10.5. The van der Waals surface area contributed by atoms with Crippen LogP contribution in [-0.2, 0) is 17.1 Å². The largest absolute Gasteiger partial charge is 0.316 e. The van der Waals surface area contributed by atoms with Gasteiger partial charge < -0.3 is 4.57 Å². The summed E-state index contributed by atoms with van der Waals surface area (Å²) < 4.78 is 28.7. The molecular weight excluding hydrogens is 302 g/mol. The maximum atomic E-state index is 12.4. The molecule has 0 bridgehead atoms. The third kappa shape index (κ3) is 2.46. The summed E-state index contributed by atoms with van der Waals surface area (Å²) in [5, 5.41) is 0.871. The number of pyridine rings is 2. The van der Waals surface area contributed by atoms with E-state index in [1.165, 1.54) is 35.3 Å². The van der Waals surface area contributed by atoms with Crippen LogP contribution in [0.3, 0.4) is 0 Å². The van der Waals surface area contributed by atoms with Gasteiger partial charge in [-0.2, -0.15) is 0 Å². The highest BCUT2D eigenvalue weighted by Gasteiger charge is 2.16. The van der Waals surface area contributed by atoms with E-state index >= 15 is 0 Å². The van der Waals surface area contributed by atoms with Gasteiger partial charge in [-0.15, -0.1) is 0 Å². The molecule has 3 aromatic rings. The van der Waals surface area contributed by atoms with Gasteiger partial charge in [-0.05, 0) is 18.2 Å². The Balaban J connectivity index is 2.16. The van der Waals surface area contributed by atoms with Gasteiger partial charge in [0.25, 0.3) is 15.6 Å². The predicted octanol–water partition coefficient (Wildman–Crippen LogP) is 1.73. The molecule has 0 aliphatic carbocycles. The molecule has 3 rings (SSSR count). The molecule has 0 saturated heterocycles. The Hall–Kier alpha value is -2.67. The van der Waals surface area contributed by atoms with E-state index in [0.717, 1.165) is 0 Å². The van der Waals surface area contributed by atoms with Crippen LogP contribution in [0.1, 0.15) is 0 Å². The van der Waals surface area contributed by atoms with Gasteiger partial charge in [0, 0.05) is 31.0 Å². The minimum Gasteiger partial charge on any atom is -0.316 e. The second-order valence-corrected chi connectivity index (χ2v) is 6.48. The zero-order valence-corrected chi connectivity index (χ0v) is 12.5. The molecule has 112 valence electrons. The first-order valence-electron chi connectivity index (χ1n) is 6.50. The van der Waals surface area contributed by atoms with Crippen molar-refractivity contribution in [2.45, 2.75) is 4.90 Å². The number of hydrogen-bond acceptors (Lipinski definition) is 4. The molecule has 0 saturated carbocycles. The second kappa shape index (κ2) is 5.27. The Bertz CT molecular complexity index is 995. The molecule has 0 aliphatic heterocycles. The Morgan fingerprint density at radius 3 is 2.55 bits per heavy atom. The van der Waals surface area contributed by atoms with Crippen molar-refractivity contribution in [3.05, 3.63) is 65.3 Å². The van der Waals surface area contributed by atoms with Crippen LogP contribution in [0.15, 0.2) is 64.7 Å². The van der Waals surface area contributed by atoms with E-state index in [9.17, 15) is 13.2 Å². The van der Waals surface area contributed by atoms with Crippen molar-refractivity contribution in [3.8, 4) is 0 Å². The lowest BCUT2D eigenvalue weighted by Crippen LogP contribution is -2.20. The van der Waals surface area contributed by atoms with E-state index in [4.69, 9.17) is 0 Å². The van der Waals surface area contributed by atoms with E-state index < -0.39 is 10.0 Å². The molecule has 1 N–H and O–H groups in total. The van der Waals surface area contributed by atoms with Crippen LogP contribution < -0.4 is 10.3 Å². The van der Waals surface area contributed by atoms with Crippen LogP contribution in [-0.4, -0.2) is 18.0 Å². The zero-order valence-electron chi connectivity index (χ0n) is 11.7. The van der Waals surface area contributed by atoms with Crippen molar-refractivity contribution >= 4 is 26.5 Å². The highest BCUT2D eigenvalue weighted by molar-refractivity contribution is 7.92. The topological polar surface area (TPSA) is 81.1 Å². The predicted molar refractivity (Wildman–Crippen MR) is 84.2 cm³/mol. The monoisotopic (exact) mass is 315 g/mol. The molecule has 0 spiro atoms. The molecule has 2 heterocycles. The van der Waals surface area contributed by atoms with Gasteiger partial charge in [0.2, 0.25) is 0 Å². The maximum absolute atomic E-state index is 12.4. The number of rotatable bonds is 3. The highest BCUT2D eigenvalue weighted by Crippen LogP contribution is 2.22. The number of aryl methyl sites for hydroxylation is 1. The van der Waals surface area contributed by atoms with E-state index in [1.54, 1.807) is 31.3 Å². The molecule has 7 heteroatoms. The van der Waals surface area contributed by atoms with Gasteiger partial charge in [0.1, 0.15) is 0 Å². The lowest BCUT2D eigenvalue weighted by molar-refractivity contribution is 0.601. The van der Waals surface area contributed by atoms with E-state index in [0.29, 0.717) is 16.5 Å². The number of anilines is 1. The molecule has 6 nitrogen and oxygen atoms in total. The summed E-state index contributed by atoms with van der Waals surface area (Å²) in [7, 11) is -2.16. The third-order valence-electron chi connectivity index (χ3n) is 3.28. The molecule has 0 amide bonds. The van der Waals surface area contributed by atoms with Crippen molar-refractivity contribution in [1.29, 1.82) is 0 Å². The number of benzene rings is 1. The van der Waals surface area contributed by atoms with Gasteiger partial charge >= 0.3 is 0 Å². The molecule has 2 aromatic heterocycles. The van der Waals surface area contributed by atoms with Gasteiger partial charge in [0.15, 0.2) is 0 Å². The minimum absolute atomic E-state index is 0.158. The number of nitrogens with zero attached hydrogens (tertiary/aromatic N) is 2. The van der Waals surface area contributed by atoms with Crippen molar-refractivity contribution in [2.75, 3.05) is 4.72 Å². The number of hydrogen-bond donors (Lipinski definition) is 1. The van der Waals surface area contributed by atoms with Crippen LogP contribution in [0.2, 0.25) is 0 Å². The van der Waals surface area contributed by atoms with Crippen molar-refractivity contribution in [3.63, 3.8) is 0 Å². The molecule has 0 fully saturated rings. The molecule has 22 heavy (non-hydrogen) atoms. The fourth-order valence-corrected chi connectivity index (χ4v) is 3.28. The van der Waals surface area contributed by atoms with E-state index in [-0.39, 0.29) is 10.5 Å². The smallest absolute Gasteiger partial charge is 0.261 e. The van der Waals surface area contributed by atoms with Crippen LogP contribution in [0, 0.1) is 0 Å². The summed E-state index contributed by atoms with van der Waals surface area (Å²) >= 11 is 0. The summed E-state index contributed by atoms with van der Waals surface area (Å²) in [5.74, 6) is 0. The van der Waals surface area contributed by atoms with Gasteiger partial charge in [-0.3, -0.25) is 14.5 Å². The Labute approximate surface area is 127 Å². The standard InChI is InChI=1S/C15H13N3O3S/c1-18-10-14(12-7-8-16-9-13(12)15(18)19)17-22(20,21)11-5-3-2-4-6-11/h2-10,17H,1H3. The molecular formula is C15H13N3O3S. The molecule has 1 aromatic carbocycles. The fourth-order valence-electron chi connectivity index (χ4n) is 2.20. The Kier molecular flexibility index (Phi) is 3.42. The lowest BCUT2D eigenvalue weighted by atomic mass is 10.2. The van der Waals surface area contributed by atoms with Gasteiger partial charge in [0.05, 0.1) is 16.0 Å². The lowest BCUT2D eigenvalue weighted by Gasteiger charge is -2.12. The molecule has 0 atom stereocenters. The quantitative estimate of drug-likeness (QED) is 0.798. The van der Waals surface area contributed by atoms with Crippen molar-refractivity contribution in [1.82, 2.24) is 9.55 Å². The average molecular weight is 315 g/mol. The summed E-state index contributed by atoms with van der Waals surface area (Å²) in [6.07, 6.45) is 4.41. The van der Waals surface area contributed by atoms with Gasteiger partial charge in [-0.1, -0.05) is 18.2 Å². The SMILES string of the molecule is Cn1cc(NS(=O)(=O)c2ccccc2)c2ccncc2c1=O. The van der Waals surface area contributed by atoms with Gasteiger partial charge in [-0.25, -0.2) is 8.42 Å². The first kappa shape index (κ1) is 14.3. The summed E-state index contributed by atoms with van der Waals surface area (Å²) in [4.78, 5) is 16.1. The summed E-state index contributed by atoms with van der Waals surface area (Å²) in [5.41, 5.74) is 0.106. The van der Waals surface area contributed by atoms with E-state index in [2.05, 4.69) is 9.71 Å². The molecule has 0 unspecified atom stereocenters. The van der Waals surface area contributed by atoms with Crippen LogP contribution >= 0.6 is 0 Å². The van der Waals surface area contributed by atoms with Crippen LogP contribution in [0.5, 0.6) is 0 Å². The maximum Gasteiger partial charge on any atom is 0.261 e. The molecule has 0 radical (unpaired) electrons. The number of sulfonamides is 1. The molecule has 0 aliphatic rings.